The molecule has 5 heteroatoms. The third kappa shape index (κ3) is 3.72. The lowest BCUT2D eigenvalue weighted by molar-refractivity contribution is 0.0600. The summed E-state index contributed by atoms with van der Waals surface area (Å²) in [4.78, 5) is 16.4. The first-order chi connectivity index (χ1) is 12.1. The maximum atomic E-state index is 11.8. The van der Waals surface area contributed by atoms with Crippen molar-refractivity contribution in [3.8, 4) is 5.69 Å². The van der Waals surface area contributed by atoms with Crippen molar-refractivity contribution in [1.82, 2.24) is 4.57 Å². The number of nitrogens with zero attached hydrogens (tertiary/aromatic N) is 2. The predicted octanol–water partition coefficient (Wildman–Crippen LogP) is 5.09. The Labute approximate surface area is 154 Å². The highest BCUT2D eigenvalue weighted by Crippen LogP contribution is 2.23. The standard InChI is InChI=1S/C20H17BrN2O2/c1-14-18(20(24)25-2)9-4-10-19(14)22-13-17-8-5-11-23(17)16-7-3-6-15(21)12-16/h3-13H,1-2H3. The van der Waals surface area contributed by atoms with Crippen molar-refractivity contribution in [2.45, 2.75) is 6.92 Å². The quantitative estimate of drug-likeness (QED) is 0.455. The molecule has 0 radical (unpaired) electrons. The van der Waals surface area contributed by atoms with Crippen LogP contribution in [0.5, 0.6) is 0 Å². The number of hydrogen-bond acceptors (Lipinski definition) is 3. The Balaban J connectivity index is 1.95. The van der Waals surface area contributed by atoms with E-state index in [4.69, 9.17) is 4.74 Å². The van der Waals surface area contributed by atoms with Crippen LogP contribution >= 0.6 is 15.9 Å². The second-order valence-electron chi connectivity index (χ2n) is 5.48. The Morgan fingerprint density at radius 1 is 1.16 bits per heavy atom. The maximum Gasteiger partial charge on any atom is 0.338 e. The van der Waals surface area contributed by atoms with E-state index < -0.39 is 0 Å². The van der Waals surface area contributed by atoms with E-state index in [1.165, 1.54) is 7.11 Å². The van der Waals surface area contributed by atoms with Gasteiger partial charge in [0.05, 0.1) is 30.3 Å². The lowest BCUT2D eigenvalue weighted by atomic mass is 10.1. The highest BCUT2D eigenvalue weighted by molar-refractivity contribution is 9.10. The van der Waals surface area contributed by atoms with Gasteiger partial charge in [-0.1, -0.05) is 28.1 Å². The lowest BCUT2D eigenvalue weighted by Crippen LogP contribution is -2.03. The Kier molecular flexibility index (Phi) is 5.14. The number of aromatic nitrogens is 1. The zero-order chi connectivity index (χ0) is 17.8. The van der Waals surface area contributed by atoms with E-state index in [1.807, 2.05) is 60.2 Å². The number of aliphatic imine (C=N–C) groups is 1. The van der Waals surface area contributed by atoms with Crippen LogP contribution in [0.15, 0.2) is 70.3 Å². The molecule has 1 heterocycles. The topological polar surface area (TPSA) is 43.6 Å². The predicted molar refractivity (Wildman–Crippen MR) is 103 cm³/mol. The SMILES string of the molecule is COC(=O)c1cccc(N=Cc2cccn2-c2cccc(Br)c2)c1C. The molecule has 0 amide bonds. The molecule has 1 aromatic heterocycles. The molecule has 0 saturated heterocycles. The van der Waals surface area contributed by atoms with Crippen LogP contribution in [0.2, 0.25) is 0 Å². The number of esters is 1. The molecule has 0 bridgehead atoms. The van der Waals surface area contributed by atoms with E-state index in [0.29, 0.717) is 5.56 Å². The number of halogens is 1. The van der Waals surface area contributed by atoms with Crippen molar-refractivity contribution in [2.75, 3.05) is 7.11 Å². The van der Waals surface area contributed by atoms with Gasteiger partial charge in [0.25, 0.3) is 0 Å². The molecule has 3 aromatic rings. The Morgan fingerprint density at radius 3 is 2.72 bits per heavy atom. The molecule has 0 aliphatic rings. The molecule has 25 heavy (non-hydrogen) atoms. The first kappa shape index (κ1) is 17.2. The van der Waals surface area contributed by atoms with Gasteiger partial charge in [-0.15, -0.1) is 0 Å². The summed E-state index contributed by atoms with van der Waals surface area (Å²) in [6, 6.07) is 17.4. The zero-order valence-corrected chi connectivity index (χ0v) is 15.5. The number of ether oxygens (including phenoxy) is 1. The van der Waals surface area contributed by atoms with Gasteiger partial charge in [-0.2, -0.15) is 0 Å². The summed E-state index contributed by atoms with van der Waals surface area (Å²) in [5.41, 5.74) is 4.05. The molecule has 0 aliphatic heterocycles. The van der Waals surface area contributed by atoms with Gasteiger partial charge in [0.15, 0.2) is 0 Å². The molecule has 0 spiro atoms. The van der Waals surface area contributed by atoms with E-state index in [0.717, 1.165) is 27.1 Å². The normalized spacial score (nSPS) is 11.0. The summed E-state index contributed by atoms with van der Waals surface area (Å²) in [6.45, 7) is 1.87. The number of benzene rings is 2. The van der Waals surface area contributed by atoms with Gasteiger partial charge in [0.1, 0.15) is 0 Å². The van der Waals surface area contributed by atoms with Gasteiger partial charge in [-0.05, 0) is 55.0 Å². The minimum absolute atomic E-state index is 0.355. The van der Waals surface area contributed by atoms with Crippen molar-refractivity contribution in [1.29, 1.82) is 0 Å². The van der Waals surface area contributed by atoms with Crippen LogP contribution in [-0.4, -0.2) is 23.9 Å². The molecule has 0 fully saturated rings. The van der Waals surface area contributed by atoms with Crippen LogP contribution in [0.4, 0.5) is 5.69 Å². The summed E-state index contributed by atoms with van der Waals surface area (Å²) in [7, 11) is 1.38. The number of rotatable bonds is 4. The van der Waals surface area contributed by atoms with Crippen molar-refractivity contribution < 1.29 is 9.53 Å². The lowest BCUT2D eigenvalue weighted by Gasteiger charge is -2.08. The summed E-state index contributed by atoms with van der Waals surface area (Å²) in [6.07, 6.45) is 3.78. The molecule has 0 saturated carbocycles. The van der Waals surface area contributed by atoms with Crippen molar-refractivity contribution >= 4 is 33.8 Å². The highest BCUT2D eigenvalue weighted by atomic mass is 79.9. The third-order valence-electron chi connectivity index (χ3n) is 3.91. The van der Waals surface area contributed by atoms with Crippen LogP contribution in [0.25, 0.3) is 5.69 Å². The minimum Gasteiger partial charge on any atom is -0.465 e. The average molecular weight is 397 g/mol. The second kappa shape index (κ2) is 7.49. The minimum atomic E-state index is -0.355. The largest absolute Gasteiger partial charge is 0.465 e. The second-order valence-corrected chi connectivity index (χ2v) is 6.40. The molecular formula is C20H17BrN2O2. The van der Waals surface area contributed by atoms with E-state index >= 15 is 0 Å². The van der Waals surface area contributed by atoms with E-state index in [1.54, 1.807) is 18.3 Å². The van der Waals surface area contributed by atoms with E-state index in [2.05, 4.69) is 20.9 Å². The monoisotopic (exact) mass is 396 g/mol. The van der Waals surface area contributed by atoms with E-state index in [-0.39, 0.29) is 5.97 Å². The fraction of sp³-hybridized carbons (Fsp3) is 0.100. The van der Waals surface area contributed by atoms with Gasteiger partial charge >= 0.3 is 5.97 Å². The highest BCUT2D eigenvalue weighted by Gasteiger charge is 2.11. The number of hydrogen-bond donors (Lipinski definition) is 0. The molecule has 126 valence electrons. The van der Waals surface area contributed by atoms with Gasteiger partial charge in [-0.25, -0.2) is 4.79 Å². The summed E-state index contributed by atoms with van der Waals surface area (Å²) >= 11 is 3.50. The van der Waals surface area contributed by atoms with Gasteiger partial charge in [0, 0.05) is 16.4 Å². The van der Waals surface area contributed by atoms with Crippen LogP contribution in [0, 0.1) is 6.92 Å². The third-order valence-corrected chi connectivity index (χ3v) is 4.41. The molecule has 3 rings (SSSR count). The molecule has 2 aromatic carbocycles. The number of carbonyl (C=O) groups is 1. The van der Waals surface area contributed by atoms with Crippen molar-refractivity contribution in [3.05, 3.63) is 82.1 Å². The zero-order valence-electron chi connectivity index (χ0n) is 13.9. The van der Waals surface area contributed by atoms with Crippen molar-refractivity contribution in [2.24, 2.45) is 4.99 Å². The van der Waals surface area contributed by atoms with Crippen LogP contribution in [0.3, 0.4) is 0 Å². The Hall–Kier alpha value is -2.66. The van der Waals surface area contributed by atoms with Crippen LogP contribution < -0.4 is 0 Å². The maximum absolute atomic E-state index is 11.8. The Morgan fingerprint density at radius 2 is 1.96 bits per heavy atom. The summed E-state index contributed by atoms with van der Waals surface area (Å²) < 4.78 is 7.88. The molecule has 4 nitrogen and oxygen atoms in total. The first-order valence-corrected chi connectivity index (χ1v) is 8.55. The number of methoxy groups -OCH3 is 1. The molecule has 0 N–H and O–H groups in total. The molecular weight excluding hydrogens is 380 g/mol. The summed E-state index contributed by atoms with van der Waals surface area (Å²) in [5, 5.41) is 0. The van der Waals surface area contributed by atoms with Crippen LogP contribution in [-0.2, 0) is 4.74 Å². The molecule has 0 atom stereocenters. The van der Waals surface area contributed by atoms with Gasteiger partial charge in [0.2, 0.25) is 0 Å². The van der Waals surface area contributed by atoms with Crippen LogP contribution in [0.1, 0.15) is 21.6 Å². The molecule has 0 aliphatic carbocycles. The number of carbonyl (C=O) groups excluding carboxylic acids is 1. The first-order valence-electron chi connectivity index (χ1n) is 7.75. The van der Waals surface area contributed by atoms with E-state index in [9.17, 15) is 4.79 Å². The Bertz CT molecular complexity index is 944. The van der Waals surface area contributed by atoms with Crippen molar-refractivity contribution in [3.63, 3.8) is 0 Å². The smallest absolute Gasteiger partial charge is 0.338 e. The molecule has 0 unspecified atom stereocenters. The fourth-order valence-corrected chi connectivity index (χ4v) is 2.98. The fourth-order valence-electron chi connectivity index (χ4n) is 2.59. The summed E-state index contributed by atoms with van der Waals surface area (Å²) in [5.74, 6) is -0.355. The van der Waals surface area contributed by atoms with Gasteiger partial charge in [-0.3, -0.25) is 4.99 Å². The average Bonchev–Trinajstić information content (AvgIpc) is 3.09. The van der Waals surface area contributed by atoms with Gasteiger partial charge < -0.3 is 9.30 Å².